The lowest BCUT2D eigenvalue weighted by atomic mass is 9.89. The zero-order valence-electron chi connectivity index (χ0n) is 14.0. The molecule has 116 valence electrons. The molecule has 0 aromatic heterocycles. The van der Waals surface area contributed by atoms with Gasteiger partial charge in [-0.05, 0) is 49.2 Å². The summed E-state index contributed by atoms with van der Waals surface area (Å²) in [4.78, 5) is 2.34. The number of hydrogen-bond acceptors (Lipinski definition) is 2. The molecule has 1 unspecified atom stereocenters. The van der Waals surface area contributed by atoms with E-state index in [2.05, 4.69) is 74.2 Å². The minimum atomic E-state index is -0.448. The van der Waals surface area contributed by atoms with Crippen molar-refractivity contribution in [2.45, 2.75) is 45.6 Å². The molecule has 2 nitrogen and oxygen atoms in total. The second kappa shape index (κ2) is 7.42. The fourth-order valence-corrected chi connectivity index (χ4v) is 3.18. The molecule has 2 heteroatoms. The molecule has 0 heterocycles. The first-order valence-electron chi connectivity index (χ1n) is 8.27. The summed E-state index contributed by atoms with van der Waals surface area (Å²) in [6.07, 6.45) is 2.92. The Morgan fingerprint density at radius 1 is 1.00 bits per heavy atom. The highest BCUT2D eigenvalue weighted by atomic mass is 15.2. The largest absolute Gasteiger partial charge is 0.286 e. The molecule has 0 radical (unpaired) electrons. The van der Waals surface area contributed by atoms with E-state index in [1.54, 1.807) is 0 Å². The number of hydrogen-bond donors (Lipinski definition) is 0. The molecule has 0 amide bonds. The molecule has 0 aliphatic carbocycles. The van der Waals surface area contributed by atoms with E-state index < -0.39 is 5.54 Å². The van der Waals surface area contributed by atoms with Crippen molar-refractivity contribution in [2.24, 2.45) is 0 Å². The molecule has 0 spiro atoms. The van der Waals surface area contributed by atoms with Crippen molar-refractivity contribution < 1.29 is 0 Å². The van der Waals surface area contributed by atoms with E-state index in [1.165, 1.54) is 16.3 Å². The molecule has 2 aromatic carbocycles. The summed E-state index contributed by atoms with van der Waals surface area (Å²) in [6, 6.07) is 17.4. The minimum Gasteiger partial charge on any atom is -0.286 e. The molecule has 22 heavy (non-hydrogen) atoms. The lowest BCUT2D eigenvalue weighted by molar-refractivity contribution is 0.152. The van der Waals surface area contributed by atoms with Crippen molar-refractivity contribution in [3.8, 4) is 6.07 Å². The first-order valence-corrected chi connectivity index (χ1v) is 8.27. The van der Waals surface area contributed by atoms with Gasteiger partial charge in [-0.1, -0.05) is 56.3 Å². The molecule has 0 aliphatic rings. The van der Waals surface area contributed by atoms with Crippen molar-refractivity contribution in [3.05, 3.63) is 48.0 Å². The van der Waals surface area contributed by atoms with Gasteiger partial charge in [-0.2, -0.15) is 5.26 Å². The van der Waals surface area contributed by atoms with Crippen LogP contribution in [0.1, 0.15) is 39.2 Å². The molecule has 0 saturated carbocycles. The van der Waals surface area contributed by atoms with E-state index in [1.807, 2.05) is 0 Å². The monoisotopic (exact) mass is 294 g/mol. The topological polar surface area (TPSA) is 27.0 Å². The van der Waals surface area contributed by atoms with Crippen molar-refractivity contribution >= 4 is 10.8 Å². The Balaban J connectivity index is 2.37. The van der Waals surface area contributed by atoms with Gasteiger partial charge in [0.15, 0.2) is 0 Å². The summed E-state index contributed by atoms with van der Waals surface area (Å²) in [6.45, 7) is 8.39. The van der Waals surface area contributed by atoms with Gasteiger partial charge in [-0.3, -0.25) is 4.90 Å². The Hall–Kier alpha value is -1.85. The van der Waals surface area contributed by atoms with Crippen LogP contribution in [-0.2, 0) is 6.42 Å². The van der Waals surface area contributed by atoms with E-state index in [9.17, 15) is 5.26 Å². The molecule has 1 atom stereocenters. The average molecular weight is 294 g/mol. The second-order valence-corrected chi connectivity index (χ2v) is 6.19. The first kappa shape index (κ1) is 16.5. The maximum Gasteiger partial charge on any atom is 0.110 e. The van der Waals surface area contributed by atoms with Crippen LogP contribution in [0.5, 0.6) is 0 Å². The molecule has 0 bridgehead atoms. The standard InChI is InChI=1S/C20H26N2/c1-4-13-22(14-5-2)20(3,16-21)15-18-11-8-10-17-9-6-7-12-19(17)18/h6-12H,4-5,13-15H2,1-3H3. The van der Waals surface area contributed by atoms with Gasteiger partial charge in [-0.15, -0.1) is 0 Å². The van der Waals surface area contributed by atoms with Crippen LogP contribution in [0.3, 0.4) is 0 Å². The van der Waals surface area contributed by atoms with Crippen LogP contribution in [-0.4, -0.2) is 23.5 Å². The molecular formula is C20H26N2. The summed E-state index contributed by atoms with van der Waals surface area (Å²) in [5.41, 5.74) is 0.815. The third-order valence-corrected chi connectivity index (χ3v) is 4.34. The number of nitriles is 1. The lowest BCUT2D eigenvalue weighted by Crippen LogP contribution is -2.47. The zero-order chi connectivity index (χ0) is 16.0. The molecule has 2 rings (SSSR count). The van der Waals surface area contributed by atoms with Crippen LogP contribution in [0.2, 0.25) is 0 Å². The van der Waals surface area contributed by atoms with E-state index >= 15 is 0 Å². The molecular weight excluding hydrogens is 268 g/mol. The Bertz CT molecular complexity index is 645. The van der Waals surface area contributed by atoms with Crippen molar-refractivity contribution in [3.63, 3.8) is 0 Å². The molecule has 2 aromatic rings. The predicted molar refractivity (Wildman–Crippen MR) is 93.8 cm³/mol. The normalized spacial score (nSPS) is 14.0. The van der Waals surface area contributed by atoms with Gasteiger partial charge < -0.3 is 0 Å². The minimum absolute atomic E-state index is 0.448. The van der Waals surface area contributed by atoms with Gasteiger partial charge in [0.2, 0.25) is 0 Å². The van der Waals surface area contributed by atoms with Crippen molar-refractivity contribution in [2.75, 3.05) is 13.1 Å². The summed E-state index contributed by atoms with van der Waals surface area (Å²) >= 11 is 0. The smallest absolute Gasteiger partial charge is 0.110 e. The molecule has 0 N–H and O–H groups in total. The summed E-state index contributed by atoms with van der Waals surface area (Å²) in [5, 5.41) is 12.4. The fraction of sp³-hybridized carbons (Fsp3) is 0.450. The van der Waals surface area contributed by atoms with Gasteiger partial charge in [0.05, 0.1) is 6.07 Å². The number of nitrogens with zero attached hydrogens (tertiary/aromatic N) is 2. The van der Waals surface area contributed by atoms with Crippen molar-refractivity contribution in [1.29, 1.82) is 5.26 Å². The SMILES string of the molecule is CCCN(CCC)C(C)(C#N)Cc1cccc2ccccc12. The number of benzene rings is 2. The van der Waals surface area contributed by atoms with E-state index in [0.29, 0.717) is 0 Å². The lowest BCUT2D eigenvalue weighted by Gasteiger charge is -2.36. The highest BCUT2D eigenvalue weighted by Gasteiger charge is 2.31. The van der Waals surface area contributed by atoms with Gasteiger partial charge in [0.1, 0.15) is 5.54 Å². The molecule has 0 saturated heterocycles. The quantitative estimate of drug-likeness (QED) is 0.734. The van der Waals surface area contributed by atoms with E-state index in [0.717, 1.165) is 32.4 Å². The number of fused-ring (bicyclic) bond motifs is 1. The fourth-order valence-electron chi connectivity index (χ4n) is 3.18. The van der Waals surface area contributed by atoms with Gasteiger partial charge in [0, 0.05) is 6.42 Å². The van der Waals surface area contributed by atoms with Crippen LogP contribution < -0.4 is 0 Å². The highest BCUT2D eigenvalue weighted by molar-refractivity contribution is 5.85. The zero-order valence-corrected chi connectivity index (χ0v) is 14.0. The van der Waals surface area contributed by atoms with E-state index in [-0.39, 0.29) is 0 Å². The Morgan fingerprint density at radius 2 is 1.64 bits per heavy atom. The highest BCUT2D eigenvalue weighted by Crippen LogP contribution is 2.26. The molecule has 0 fully saturated rings. The summed E-state index contributed by atoms with van der Waals surface area (Å²) < 4.78 is 0. The Kier molecular flexibility index (Phi) is 5.57. The summed E-state index contributed by atoms with van der Waals surface area (Å²) in [5.74, 6) is 0. The van der Waals surface area contributed by atoms with Crippen molar-refractivity contribution in [1.82, 2.24) is 4.90 Å². The third kappa shape index (κ3) is 3.48. The first-order chi connectivity index (χ1) is 10.6. The molecule has 0 aliphatic heterocycles. The Labute approximate surface area is 134 Å². The van der Waals surface area contributed by atoms with Gasteiger partial charge in [-0.25, -0.2) is 0 Å². The second-order valence-electron chi connectivity index (χ2n) is 6.19. The van der Waals surface area contributed by atoms with Crippen LogP contribution >= 0.6 is 0 Å². The predicted octanol–water partition coefficient (Wildman–Crippen LogP) is 4.79. The van der Waals surface area contributed by atoms with Crippen LogP contribution in [0, 0.1) is 11.3 Å². The average Bonchev–Trinajstić information content (AvgIpc) is 2.55. The van der Waals surface area contributed by atoms with Crippen LogP contribution in [0.15, 0.2) is 42.5 Å². The third-order valence-electron chi connectivity index (χ3n) is 4.34. The summed E-state index contributed by atoms with van der Waals surface area (Å²) in [7, 11) is 0. The van der Waals surface area contributed by atoms with Crippen LogP contribution in [0.25, 0.3) is 10.8 Å². The van der Waals surface area contributed by atoms with Gasteiger partial charge in [0.25, 0.3) is 0 Å². The number of rotatable bonds is 7. The maximum absolute atomic E-state index is 9.85. The van der Waals surface area contributed by atoms with E-state index in [4.69, 9.17) is 0 Å². The van der Waals surface area contributed by atoms with Gasteiger partial charge >= 0.3 is 0 Å². The van der Waals surface area contributed by atoms with Crippen LogP contribution in [0.4, 0.5) is 0 Å². The maximum atomic E-state index is 9.85. The Morgan fingerprint density at radius 3 is 2.27 bits per heavy atom.